The molecular weight excluding hydrogens is 251 g/mol. The lowest BCUT2D eigenvalue weighted by atomic mass is 10.0. The van der Waals surface area contributed by atoms with Crippen LogP contribution in [0.2, 0.25) is 5.02 Å². The van der Waals surface area contributed by atoms with Crippen molar-refractivity contribution in [1.82, 2.24) is 4.98 Å². The molecule has 0 fully saturated rings. The molecule has 0 N–H and O–H groups in total. The lowest BCUT2D eigenvalue weighted by molar-refractivity contribution is -0.137. The summed E-state index contributed by atoms with van der Waals surface area (Å²) in [4.78, 5) is 3.82. The molecule has 1 heterocycles. The maximum atomic E-state index is 12.5. The number of pyridine rings is 1. The molecular formula is C12H6ClF3N. The summed E-state index contributed by atoms with van der Waals surface area (Å²) in [5.41, 5.74) is 0.102. The maximum Gasteiger partial charge on any atom is 0.416 e. The first-order valence-electron chi connectivity index (χ1n) is 4.67. The van der Waals surface area contributed by atoms with Gasteiger partial charge in [0.1, 0.15) is 0 Å². The molecule has 0 aliphatic heterocycles. The summed E-state index contributed by atoms with van der Waals surface area (Å²) in [5.74, 6) is 0. The zero-order valence-corrected chi connectivity index (χ0v) is 9.18. The Morgan fingerprint density at radius 3 is 2.59 bits per heavy atom. The van der Waals surface area contributed by atoms with Gasteiger partial charge in [-0.1, -0.05) is 17.7 Å². The smallest absolute Gasteiger partial charge is 0.263 e. The fraction of sp³-hybridized carbons (Fsp3) is 0.0833. The highest BCUT2D eigenvalue weighted by atomic mass is 35.5. The summed E-state index contributed by atoms with van der Waals surface area (Å²) >= 11 is 5.73. The van der Waals surface area contributed by atoms with Crippen molar-refractivity contribution in [2.75, 3.05) is 0 Å². The molecule has 1 aromatic heterocycles. The minimum Gasteiger partial charge on any atom is -0.263 e. The molecule has 0 saturated carbocycles. The molecule has 2 aromatic rings. The standard InChI is InChI=1S/C12H6ClF3N/c13-11-5-9(6-17-7-11)8-2-1-3-10(4-8)12(14,15)16/h1,3-7H. The third-order valence-corrected chi connectivity index (χ3v) is 2.35. The van der Waals surface area contributed by atoms with Crippen LogP contribution in [0.15, 0.2) is 36.7 Å². The first-order valence-corrected chi connectivity index (χ1v) is 5.04. The predicted molar refractivity (Wildman–Crippen MR) is 58.5 cm³/mol. The van der Waals surface area contributed by atoms with E-state index in [1.807, 2.05) is 0 Å². The van der Waals surface area contributed by atoms with Crippen LogP contribution >= 0.6 is 11.6 Å². The number of nitrogens with zero attached hydrogens (tertiary/aromatic N) is 1. The van der Waals surface area contributed by atoms with Crippen LogP contribution < -0.4 is 0 Å². The van der Waals surface area contributed by atoms with Crippen molar-refractivity contribution in [1.29, 1.82) is 0 Å². The first-order chi connectivity index (χ1) is 7.97. The average molecular weight is 257 g/mol. The zero-order chi connectivity index (χ0) is 12.5. The number of aromatic nitrogens is 1. The summed E-state index contributed by atoms with van der Waals surface area (Å²) in [6.45, 7) is 0. The lowest BCUT2D eigenvalue weighted by Crippen LogP contribution is -2.04. The summed E-state index contributed by atoms with van der Waals surface area (Å²) in [7, 11) is 0. The third kappa shape index (κ3) is 2.77. The van der Waals surface area contributed by atoms with Gasteiger partial charge in [-0.2, -0.15) is 13.2 Å². The second-order valence-electron chi connectivity index (χ2n) is 3.38. The Morgan fingerprint density at radius 1 is 1.18 bits per heavy atom. The van der Waals surface area contributed by atoms with Gasteiger partial charge in [0, 0.05) is 18.0 Å². The second-order valence-corrected chi connectivity index (χ2v) is 3.82. The van der Waals surface area contributed by atoms with Crippen LogP contribution in [0.4, 0.5) is 13.2 Å². The molecule has 17 heavy (non-hydrogen) atoms. The van der Waals surface area contributed by atoms with Gasteiger partial charge >= 0.3 is 6.18 Å². The van der Waals surface area contributed by atoms with E-state index in [4.69, 9.17) is 11.6 Å². The molecule has 0 unspecified atom stereocenters. The first kappa shape index (κ1) is 11.9. The van der Waals surface area contributed by atoms with Gasteiger partial charge in [-0.25, -0.2) is 0 Å². The monoisotopic (exact) mass is 256 g/mol. The van der Waals surface area contributed by atoms with E-state index in [1.165, 1.54) is 18.5 Å². The quantitative estimate of drug-likeness (QED) is 0.744. The Kier molecular flexibility index (Phi) is 3.07. The van der Waals surface area contributed by atoms with Crippen LogP contribution in [-0.4, -0.2) is 4.98 Å². The summed E-state index contributed by atoms with van der Waals surface area (Å²) < 4.78 is 37.5. The molecule has 0 amide bonds. The van der Waals surface area contributed by atoms with Crippen molar-refractivity contribution in [3.63, 3.8) is 0 Å². The molecule has 0 aliphatic carbocycles. The topological polar surface area (TPSA) is 12.9 Å². The minimum atomic E-state index is -4.37. The van der Waals surface area contributed by atoms with Crippen LogP contribution in [0.3, 0.4) is 0 Å². The van der Waals surface area contributed by atoms with E-state index in [9.17, 15) is 13.2 Å². The molecule has 0 spiro atoms. The molecule has 0 saturated heterocycles. The Hall–Kier alpha value is -1.55. The molecule has 2 rings (SSSR count). The van der Waals surface area contributed by atoms with Gasteiger partial charge in [0.25, 0.3) is 0 Å². The number of hydrogen-bond acceptors (Lipinski definition) is 1. The zero-order valence-electron chi connectivity index (χ0n) is 8.42. The highest BCUT2D eigenvalue weighted by molar-refractivity contribution is 6.30. The minimum absolute atomic E-state index is 0.315. The molecule has 5 heteroatoms. The predicted octanol–water partition coefficient (Wildman–Crippen LogP) is 4.22. The summed E-state index contributed by atoms with van der Waals surface area (Å²) in [5, 5.41) is 0.369. The van der Waals surface area contributed by atoms with Crippen LogP contribution in [0.5, 0.6) is 0 Å². The van der Waals surface area contributed by atoms with Crippen molar-refractivity contribution < 1.29 is 13.2 Å². The summed E-state index contributed by atoms with van der Waals surface area (Å²) in [6.07, 6.45) is -1.51. The van der Waals surface area contributed by atoms with Gasteiger partial charge < -0.3 is 0 Å². The molecule has 87 valence electrons. The largest absolute Gasteiger partial charge is 0.416 e. The van der Waals surface area contributed by atoms with Crippen LogP contribution in [0, 0.1) is 6.07 Å². The number of rotatable bonds is 1. The summed E-state index contributed by atoms with van der Waals surface area (Å²) in [6, 6.07) is 7.50. The highest BCUT2D eigenvalue weighted by Gasteiger charge is 2.30. The molecule has 0 bridgehead atoms. The molecule has 1 radical (unpaired) electrons. The second kappa shape index (κ2) is 4.37. The van der Waals surface area contributed by atoms with E-state index in [0.29, 0.717) is 16.1 Å². The van der Waals surface area contributed by atoms with E-state index in [0.717, 1.165) is 12.1 Å². The van der Waals surface area contributed by atoms with Gasteiger partial charge in [-0.3, -0.25) is 4.98 Å². The van der Waals surface area contributed by atoms with Gasteiger partial charge in [-0.05, 0) is 29.8 Å². The Bertz CT molecular complexity index is 537. The fourth-order valence-electron chi connectivity index (χ4n) is 1.37. The highest BCUT2D eigenvalue weighted by Crippen LogP contribution is 2.32. The van der Waals surface area contributed by atoms with Crippen molar-refractivity contribution in [2.45, 2.75) is 6.18 Å². The van der Waals surface area contributed by atoms with Gasteiger partial charge in [-0.15, -0.1) is 0 Å². The third-order valence-electron chi connectivity index (χ3n) is 2.14. The Balaban J connectivity index is 2.47. The number of benzene rings is 1. The molecule has 0 atom stereocenters. The van der Waals surface area contributed by atoms with Crippen LogP contribution in [0.1, 0.15) is 5.56 Å². The van der Waals surface area contributed by atoms with Crippen molar-refractivity contribution in [3.8, 4) is 11.1 Å². The Morgan fingerprint density at radius 2 is 1.94 bits per heavy atom. The van der Waals surface area contributed by atoms with Crippen LogP contribution in [-0.2, 0) is 6.18 Å². The van der Waals surface area contributed by atoms with E-state index >= 15 is 0 Å². The van der Waals surface area contributed by atoms with Gasteiger partial charge in [0.2, 0.25) is 0 Å². The molecule has 1 nitrogen and oxygen atoms in total. The van der Waals surface area contributed by atoms with E-state index < -0.39 is 11.7 Å². The van der Waals surface area contributed by atoms with E-state index in [1.54, 1.807) is 6.07 Å². The maximum absolute atomic E-state index is 12.5. The fourth-order valence-corrected chi connectivity index (χ4v) is 1.54. The number of alkyl halides is 3. The van der Waals surface area contributed by atoms with Gasteiger partial charge in [0.15, 0.2) is 0 Å². The molecule has 0 aliphatic rings. The van der Waals surface area contributed by atoms with E-state index in [-0.39, 0.29) is 0 Å². The lowest BCUT2D eigenvalue weighted by Gasteiger charge is -2.08. The van der Waals surface area contributed by atoms with Crippen LogP contribution in [0.25, 0.3) is 11.1 Å². The normalized spacial score (nSPS) is 11.5. The Labute approximate surface area is 101 Å². The van der Waals surface area contributed by atoms with Gasteiger partial charge in [0.05, 0.1) is 10.6 Å². The molecule has 1 aromatic carbocycles. The SMILES string of the molecule is FC(F)(F)c1cc[c]c(-c2cncc(Cl)c2)c1. The van der Waals surface area contributed by atoms with Crippen molar-refractivity contribution in [3.05, 3.63) is 53.3 Å². The average Bonchev–Trinajstić information content (AvgIpc) is 2.28. The van der Waals surface area contributed by atoms with E-state index in [2.05, 4.69) is 11.1 Å². The van der Waals surface area contributed by atoms with Crippen molar-refractivity contribution in [2.24, 2.45) is 0 Å². The van der Waals surface area contributed by atoms with Crippen molar-refractivity contribution >= 4 is 11.6 Å². The number of hydrogen-bond donors (Lipinski definition) is 0. The number of halogens is 4.